The number of hydrogen-bond acceptors (Lipinski definition) is 8. The van der Waals surface area contributed by atoms with E-state index in [1.165, 1.54) is 16.5 Å². The summed E-state index contributed by atoms with van der Waals surface area (Å²) in [6, 6.07) is 0. The number of ether oxygens (including phenoxy) is 1. The summed E-state index contributed by atoms with van der Waals surface area (Å²) in [5.41, 5.74) is -0.551. The van der Waals surface area contributed by atoms with E-state index in [0.29, 0.717) is 11.5 Å². The molecule has 0 saturated carbocycles. The van der Waals surface area contributed by atoms with E-state index in [9.17, 15) is 14.4 Å². The minimum absolute atomic E-state index is 0. The molecule has 0 radical (unpaired) electrons. The van der Waals surface area contributed by atoms with Crippen molar-refractivity contribution in [3.05, 3.63) is 27.5 Å². The fourth-order valence-corrected chi connectivity index (χ4v) is 2.26. The van der Waals surface area contributed by atoms with Gasteiger partial charge in [-0.2, -0.15) is 6.67 Å². The third kappa shape index (κ3) is 5.21. The van der Waals surface area contributed by atoms with Gasteiger partial charge in [-0.05, 0) is 20.9 Å². The number of carbonyl (C=O) groups is 2. The molecular formula is C14H20AgN4O6-. The van der Waals surface area contributed by atoms with Crippen LogP contribution in [0.2, 0.25) is 0 Å². The fourth-order valence-electron chi connectivity index (χ4n) is 2.26. The largest absolute Gasteiger partial charge is 1.00 e. The molecule has 0 saturated heterocycles. The van der Waals surface area contributed by atoms with Gasteiger partial charge in [-0.3, -0.25) is 18.7 Å². The number of fused-ring (bicyclic) bond motifs is 1. The SMILES string of the molecule is CC(=O)[O-].CCOC(=O)CN1[CH-]N(C)c2c1c(=O)n(C)c(=O)n2C.[Ag+]. The first-order chi connectivity index (χ1) is 11.1. The summed E-state index contributed by atoms with van der Waals surface area (Å²) < 4.78 is 7.27. The van der Waals surface area contributed by atoms with Crippen LogP contribution in [0.1, 0.15) is 13.8 Å². The first kappa shape index (κ1) is 23.0. The minimum Gasteiger partial charge on any atom is -0.550 e. The van der Waals surface area contributed by atoms with Gasteiger partial charge in [0.15, 0.2) is 0 Å². The number of carboxylic acids is 1. The molecule has 0 atom stereocenters. The van der Waals surface area contributed by atoms with Crippen LogP contribution in [0.15, 0.2) is 9.59 Å². The van der Waals surface area contributed by atoms with Crippen LogP contribution in [-0.4, -0.2) is 41.3 Å². The molecule has 10 nitrogen and oxygen atoms in total. The molecule has 2 rings (SSSR count). The Morgan fingerprint density at radius 1 is 1.16 bits per heavy atom. The Morgan fingerprint density at radius 2 is 1.68 bits per heavy atom. The molecule has 144 valence electrons. The molecule has 0 aliphatic carbocycles. The molecule has 1 aromatic heterocycles. The number of anilines is 2. The van der Waals surface area contributed by atoms with Gasteiger partial charge in [0, 0.05) is 20.1 Å². The fraction of sp³-hybridized carbons (Fsp3) is 0.500. The first-order valence-electron chi connectivity index (χ1n) is 7.09. The Labute approximate surface area is 160 Å². The third-order valence-corrected chi connectivity index (χ3v) is 3.15. The molecule has 0 spiro atoms. The van der Waals surface area contributed by atoms with Gasteiger partial charge < -0.3 is 24.4 Å². The van der Waals surface area contributed by atoms with Crippen molar-refractivity contribution in [1.29, 1.82) is 0 Å². The van der Waals surface area contributed by atoms with Gasteiger partial charge in [-0.1, -0.05) is 0 Å². The van der Waals surface area contributed by atoms with Crippen LogP contribution in [0, 0.1) is 6.67 Å². The quantitative estimate of drug-likeness (QED) is 0.290. The number of rotatable bonds is 3. The number of carboxylic acid groups (broad SMARTS) is 1. The van der Waals surface area contributed by atoms with Crippen molar-refractivity contribution in [1.82, 2.24) is 9.13 Å². The average molecular weight is 448 g/mol. The van der Waals surface area contributed by atoms with Crippen molar-refractivity contribution < 1.29 is 41.8 Å². The Hall–Kier alpha value is -2.04. The van der Waals surface area contributed by atoms with Gasteiger partial charge in [-0.25, -0.2) is 4.79 Å². The summed E-state index contributed by atoms with van der Waals surface area (Å²) in [6.07, 6.45) is 0. The van der Waals surface area contributed by atoms with E-state index in [0.717, 1.165) is 11.5 Å². The van der Waals surface area contributed by atoms with Gasteiger partial charge in [0.25, 0.3) is 5.56 Å². The molecule has 1 aliphatic rings. The minimum atomic E-state index is -1.08. The normalized spacial score (nSPS) is 11.9. The van der Waals surface area contributed by atoms with E-state index in [-0.39, 0.29) is 35.5 Å². The van der Waals surface area contributed by atoms with E-state index < -0.39 is 23.2 Å². The Bertz CT molecular complexity index is 753. The predicted molar refractivity (Wildman–Crippen MR) is 84.3 cm³/mol. The first-order valence-corrected chi connectivity index (χ1v) is 7.09. The number of carbonyl (C=O) groups excluding carboxylic acids is 2. The summed E-state index contributed by atoms with van der Waals surface area (Å²) >= 11 is 0. The van der Waals surface area contributed by atoms with Crippen LogP contribution < -0.4 is 26.2 Å². The Morgan fingerprint density at radius 3 is 2.16 bits per heavy atom. The summed E-state index contributed by atoms with van der Waals surface area (Å²) in [7, 11) is 4.70. The van der Waals surface area contributed by atoms with E-state index in [1.54, 1.807) is 32.6 Å². The zero-order valence-corrected chi connectivity index (χ0v) is 16.0. The molecule has 0 N–H and O–H groups in total. The van der Waals surface area contributed by atoms with Gasteiger partial charge >= 0.3 is 34.0 Å². The molecule has 1 aliphatic heterocycles. The molecule has 1 aromatic rings. The molecule has 0 unspecified atom stereocenters. The predicted octanol–water partition coefficient (Wildman–Crippen LogP) is -2.22. The van der Waals surface area contributed by atoms with Crippen LogP contribution in [0.4, 0.5) is 11.5 Å². The maximum Gasteiger partial charge on any atom is 1.00 e. The smallest absolute Gasteiger partial charge is 0.550 e. The molecule has 11 heteroatoms. The van der Waals surface area contributed by atoms with Crippen molar-refractivity contribution in [2.75, 3.05) is 30.0 Å². The molecule has 0 fully saturated rings. The van der Waals surface area contributed by atoms with E-state index in [2.05, 4.69) is 0 Å². The van der Waals surface area contributed by atoms with Crippen LogP contribution in [0.5, 0.6) is 0 Å². The second kappa shape index (κ2) is 9.45. The Balaban J connectivity index is 0.00000104. The number of esters is 1. The van der Waals surface area contributed by atoms with Crippen LogP contribution in [0.3, 0.4) is 0 Å². The van der Waals surface area contributed by atoms with E-state index in [4.69, 9.17) is 14.6 Å². The van der Waals surface area contributed by atoms with Crippen LogP contribution >= 0.6 is 0 Å². The van der Waals surface area contributed by atoms with E-state index >= 15 is 0 Å². The van der Waals surface area contributed by atoms with Crippen LogP contribution in [-0.2, 0) is 50.8 Å². The number of hydrogen-bond donors (Lipinski definition) is 0. The monoisotopic (exact) mass is 447 g/mol. The van der Waals surface area contributed by atoms with Crippen molar-refractivity contribution in [3.8, 4) is 0 Å². The zero-order chi connectivity index (χ0) is 18.6. The summed E-state index contributed by atoms with van der Waals surface area (Å²) in [5, 5.41) is 8.89. The van der Waals surface area contributed by atoms with Crippen molar-refractivity contribution in [3.63, 3.8) is 0 Å². The second-order valence-corrected chi connectivity index (χ2v) is 5.03. The maximum atomic E-state index is 12.2. The summed E-state index contributed by atoms with van der Waals surface area (Å²) in [5.74, 6) is -1.05. The summed E-state index contributed by atoms with van der Waals surface area (Å²) in [4.78, 5) is 47.7. The molecular weight excluding hydrogens is 428 g/mol. The van der Waals surface area contributed by atoms with Gasteiger partial charge in [-0.15, -0.1) is 0 Å². The topological polar surface area (TPSA) is 117 Å². The molecule has 0 bridgehead atoms. The number of nitrogens with zero attached hydrogens (tertiary/aromatic N) is 4. The summed E-state index contributed by atoms with van der Waals surface area (Å²) in [6.45, 7) is 4.50. The third-order valence-electron chi connectivity index (χ3n) is 3.15. The number of aromatic nitrogens is 2. The molecule has 0 amide bonds. The van der Waals surface area contributed by atoms with Crippen molar-refractivity contribution >= 4 is 23.4 Å². The van der Waals surface area contributed by atoms with Gasteiger partial charge in [0.1, 0.15) is 11.5 Å². The second-order valence-electron chi connectivity index (χ2n) is 5.03. The van der Waals surface area contributed by atoms with Crippen LogP contribution in [0.25, 0.3) is 0 Å². The zero-order valence-electron chi connectivity index (χ0n) is 14.5. The molecule has 2 heterocycles. The Kier molecular flexibility index (Phi) is 8.67. The molecule has 25 heavy (non-hydrogen) atoms. The van der Waals surface area contributed by atoms with Crippen molar-refractivity contribution in [2.24, 2.45) is 14.1 Å². The van der Waals surface area contributed by atoms with Crippen molar-refractivity contribution in [2.45, 2.75) is 13.8 Å². The van der Waals surface area contributed by atoms with Gasteiger partial charge in [0.2, 0.25) is 0 Å². The standard InChI is InChI=1S/C12H17N4O4.C2H4O2.Ag/c1-5-20-8(17)6-16-7-13(2)10-9(16)11(18)15(4)12(19)14(10)3;1-2(3)4;/h7H,5-6H2,1-4H3;1H3,(H,3,4);/q-1;;+1/p-1. The number of aliphatic carboxylic acids is 1. The van der Waals surface area contributed by atoms with E-state index in [1.807, 2.05) is 0 Å². The average Bonchev–Trinajstić information content (AvgIpc) is 2.78. The maximum absolute atomic E-state index is 12.2. The van der Waals surface area contributed by atoms with Gasteiger partial charge in [0.05, 0.1) is 13.2 Å². The molecule has 0 aromatic carbocycles.